The lowest BCUT2D eigenvalue weighted by Crippen LogP contribution is -2.46. The van der Waals surface area contributed by atoms with E-state index in [0.717, 1.165) is 12.8 Å². The molecule has 0 aromatic rings. The molecule has 122 valence electrons. The molecule has 0 bridgehead atoms. The molecule has 1 N–H and O–H groups in total. The number of hydrogen-bond donors (Lipinski definition) is 1. The Morgan fingerprint density at radius 1 is 1.33 bits per heavy atom. The highest BCUT2D eigenvalue weighted by molar-refractivity contribution is 5.85. The van der Waals surface area contributed by atoms with Crippen LogP contribution in [0.2, 0.25) is 0 Å². The molecule has 21 heavy (non-hydrogen) atoms. The average Bonchev–Trinajstić information content (AvgIpc) is 3.22. The maximum atomic E-state index is 12.7. The van der Waals surface area contributed by atoms with E-state index < -0.39 is 11.4 Å². The lowest BCUT2D eigenvalue weighted by atomic mass is 9.76. The molecular formula is C16H29NO4. The average molecular weight is 299 g/mol. The van der Waals surface area contributed by atoms with Crippen molar-refractivity contribution in [2.75, 3.05) is 20.3 Å². The van der Waals surface area contributed by atoms with Crippen molar-refractivity contribution in [2.45, 2.75) is 53.0 Å². The van der Waals surface area contributed by atoms with Crippen LogP contribution in [0.25, 0.3) is 0 Å². The van der Waals surface area contributed by atoms with Gasteiger partial charge in [0.25, 0.3) is 0 Å². The molecule has 1 aliphatic rings. The zero-order chi connectivity index (χ0) is 16.2. The lowest BCUT2D eigenvalue weighted by Gasteiger charge is -2.34. The number of carboxylic acids is 1. The van der Waals surface area contributed by atoms with Crippen LogP contribution in [0, 0.1) is 17.3 Å². The molecule has 0 aliphatic heterocycles. The summed E-state index contributed by atoms with van der Waals surface area (Å²) in [5.74, 6) is -0.526. The first-order valence-electron chi connectivity index (χ1n) is 7.75. The van der Waals surface area contributed by atoms with Crippen molar-refractivity contribution in [3.8, 4) is 0 Å². The fourth-order valence-corrected chi connectivity index (χ4v) is 2.52. The van der Waals surface area contributed by atoms with E-state index in [1.54, 1.807) is 14.0 Å². The number of hydrogen-bond acceptors (Lipinski definition) is 3. The van der Waals surface area contributed by atoms with Crippen LogP contribution in [0.4, 0.5) is 0 Å². The fraction of sp³-hybridized carbons (Fsp3) is 0.875. The second-order valence-corrected chi connectivity index (χ2v) is 6.71. The smallest absolute Gasteiger partial charge is 0.310 e. The maximum absolute atomic E-state index is 12.7. The molecule has 5 heteroatoms. The van der Waals surface area contributed by atoms with Gasteiger partial charge in [-0.05, 0) is 38.5 Å². The number of methoxy groups -OCH3 is 1. The minimum absolute atomic E-state index is 0.0424. The second kappa shape index (κ2) is 7.25. The van der Waals surface area contributed by atoms with Gasteiger partial charge >= 0.3 is 5.97 Å². The predicted molar refractivity (Wildman–Crippen MR) is 81.0 cm³/mol. The number of aliphatic carboxylic acids is 1. The van der Waals surface area contributed by atoms with Gasteiger partial charge < -0.3 is 14.7 Å². The summed E-state index contributed by atoms with van der Waals surface area (Å²) < 4.78 is 5.09. The molecule has 1 amide bonds. The standard InChI is InChI=1S/C16H29NO4/c1-11(2)16(4,15(19)20)10-14(18)17(8-9-21-5)12(3)13-6-7-13/h11-13H,6-10H2,1-5H3,(H,19,20). The highest BCUT2D eigenvalue weighted by atomic mass is 16.5. The molecular weight excluding hydrogens is 270 g/mol. The molecule has 0 saturated heterocycles. The molecule has 0 radical (unpaired) electrons. The number of carbonyl (C=O) groups excluding carboxylic acids is 1. The van der Waals surface area contributed by atoms with E-state index in [2.05, 4.69) is 6.92 Å². The second-order valence-electron chi connectivity index (χ2n) is 6.71. The minimum atomic E-state index is -1.02. The van der Waals surface area contributed by atoms with Gasteiger partial charge in [0, 0.05) is 26.1 Å². The predicted octanol–water partition coefficient (Wildman–Crippen LogP) is 2.40. The van der Waals surface area contributed by atoms with Crippen LogP contribution in [0.1, 0.15) is 47.0 Å². The molecule has 2 atom stereocenters. The monoisotopic (exact) mass is 299 g/mol. The van der Waals surface area contributed by atoms with Gasteiger partial charge in [0.2, 0.25) is 5.91 Å². The summed E-state index contributed by atoms with van der Waals surface area (Å²) in [5, 5.41) is 9.47. The Bertz CT molecular complexity index is 378. The van der Waals surface area contributed by atoms with Crippen LogP contribution >= 0.6 is 0 Å². The molecule has 5 nitrogen and oxygen atoms in total. The van der Waals surface area contributed by atoms with Gasteiger partial charge in [0.15, 0.2) is 0 Å². The zero-order valence-electron chi connectivity index (χ0n) is 13.9. The van der Waals surface area contributed by atoms with Gasteiger partial charge in [-0.3, -0.25) is 9.59 Å². The molecule has 1 aliphatic carbocycles. The van der Waals surface area contributed by atoms with Crippen LogP contribution in [0.3, 0.4) is 0 Å². The first-order chi connectivity index (χ1) is 9.74. The first-order valence-corrected chi connectivity index (χ1v) is 7.75. The van der Waals surface area contributed by atoms with Crippen LogP contribution in [-0.2, 0) is 14.3 Å². The fourth-order valence-electron chi connectivity index (χ4n) is 2.52. The quantitative estimate of drug-likeness (QED) is 0.710. The highest BCUT2D eigenvalue weighted by Crippen LogP contribution is 2.37. The Balaban J connectivity index is 2.81. The van der Waals surface area contributed by atoms with Crippen LogP contribution in [0.5, 0.6) is 0 Å². The Labute approximate surface area is 127 Å². The van der Waals surface area contributed by atoms with Gasteiger partial charge in [0.1, 0.15) is 0 Å². The van der Waals surface area contributed by atoms with E-state index in [1.165, 1.54) is 0 Å². The summed E-state index contributed by atoms with van der Waals surface area (Å²) in [6, 6.07) is 0.165. The molecule has 0 spiro atoms. The molecule has 0 aromatic carbocycles. The third kappa shape index (κ3) is 4.43. The van der Waals surface area contributed by atoms with E-state index >= 15 is 0 Å². The summed E-state index contributed by atoms with van der Waals surface area (Å²) in [7, 11) is 1.61. The summed E-state index contributed by atoms with van der Waals surface area (Å²) in [5.41, 5.74) is -1.02. The number of ether oxygens (including phenoxy) is 1. The number of nitrogens with zero attached hydrogens (tertiary/aromatic N) is 1. The van der Waals surface area contributed by atoms with E-state index in [0.29, 0.717) is 19.1 Å². The largest absolute Gasteiger partial charge is 0.481 e. The highest BCUT2D eigenvalue weighted by Gasteiger charge is 2.42. The third-order valence-corrected chi connectivity index (χ3v) is 4.93. The van der Waals surface area contributed by atoms with Crippen molar-refractivity contribution in [2.24, 2.45) is 17.3 Å². The van der Waals surface area contributed by atoms with E-state index in [9.17, 15) is 14.7 Å². The van der Waals surface area contributed by atoms with E-state index in [1.807, 2.05) is 18.7 Å². The number of rotatable bonds is 9. The molecule has 1 saturated carbocycles. The summed E-state index contributed by atoms with van der Waals surface area (Å²) in [6.07, 6.45) is 2.34. The van der Waals surface area contributed by atoms with Crippen molar-refractivity contribution < 1.29 is 19.4 Å². The molecule has 1 fully saturated rings. The molecule has 0 heterocycles. The number of carbonyl (C=O) groups is 2. The van der Waals surface area contributed by atoms with Crippen LogP contribution in [-0.4, -0.2) is 48.2 Å². The summed E-state index contributed by atoms with van der Waals surface area (Å²) in [6.45, 7) is 8.43. The zero-order valence-corrected chi connectivity index (χ0v) is 13.9. The van der Waals surface area contributed by atoms with Gasteiger partial charge in [-0.15, -0.1) is 0 Å². The number of carboxylic acid groups (broad SMARTS) is 1. The summed E-state index contributed by atoms with van der Waals surface area (Å²) in [4.78, 5) is 26.0. The normalized spacial score (nSPS) is 19.1. The van der Waals surface area contributed by atoms with Crippen molar-refractivity contribution in [3.05, 3.63) is 0 Å². The van der Waals surface area contributed by atoms with Crippen molar-refractivity contribution in [1.29, 1.82) is 0 Å². The molecule has 0 aromatic heterocycles. The third-order valence-electron chi connectivity index (χ3n) is 4.93. The first kappa shape index (κ1) is 18.0. The minimum Gasteiger partial charge on any atom is -0.481 e. The van der Waals surface area contributed by atoms with Gasteiger partial charge in [-0.2, -0.15) is 0 Å². The maximum Gasteiger partial charge on any atom is 0.310 e. The van der Waals surface area contributed by atoms with Gasteiger partial charge in [-0.1, -0.05) is 13.8 Å². The summed E-state index contributed by atoms with van der Waals surface area (Å²) >= 11 is 0. The van der Waals surface area contributed by atoms with Crippen molar-refractivity contribution >= 4 is 11.9 Å². The number of amides is 1. The van der Waals surface area contributed by atoms with E-state index in [-0.39, 0.29) is 24.3 Å². The topological polar surface area (TPSA) is 66.8 Å². The van der Waals surface area contributed by atoms with E-state index in [4.69, 9.17) is 4.74 Å². The Morgan fingerprint density at radius 3 is 2.29 bits per heavy atom. The Morgan fingerprint density at radius 2 is 1.90 bits per heavy atom. The Hall–Kier alpha value is -1.10. The van der Waals surface area contributed by atoms with Crippen molar-refractivity contribution in [1.82, 2.24) is 4.90 Å². The van der Waals surface area contributed by atoms with Crippen LogP contribution in [0.15, 0.2) is 0 Å². The van der Waals surface area contributed by atoms with Gasteiger partial charge in [-0.25, -0.2) is 0 Å². The molecule has 2 unspecified atom stereocenters. The lowest BCUT2D eigenvalue weighted by molar-refractivity contribution is -0.156. The van der Waals surface area contributed by atoms with Crippen molar-refractivity contribution in [3.63, 3.8) is 0 Å². The molecule has 1 rings (SSSR count). The SMILES string of the molecule is COCCN(C(=O)CC(C)(C(=O)O)C(C)C)C(C)C1CC1. The Kier molecular flexibility index (Phi) is 6.20. The van der Waals surface area contributed by atoms with Gasteiger partial charge in [0.05, 0.1) is 12.0 Å². The van der Waals surface area contributed by atoms with Crippen LogP contribution < -0.4 is 0 Å².